The van der Waals surface area contributed by atoms with E-state index >= 15 is 0 Å². The van der Waals surface area contributed by atoms with Gasteiger partial charge in [-0.25, -0.2) is 4.39 Å². The van der Waals surface area contributed by atoms with E-state index in [1.165, 1.54) is 6.07 Å². The molecule has 0 saturated heterocycles. The van der Waals surface area contributed by atoms with Gasteiger partial charge in [0, 0.05) is 45.5 Å². The van der Waals surface area contributed by atoms with Crippen molar-refractivity contribution in [3.05, 3.63) is 53.8 Å². The zero-order valence-electron chi connectivity index (χ0n) is 17.0. The Morgan fingerprint density at radius 1 is 1.10 bits per heavy atom. The summed E-state index contributed by atoms with van der Waals surface area (Å²) >= 11 is 0. The van der Waals surface area contributed by atoms with E-state index in [0.717, 1.165) is 23.4 Å². The van der Waals surface area contributed by atoms with Crippen LogP contribution in [0.3, 0.4) is 0 Å². The monoisotopic (exact) mass is 517 g/mol. The van der Waals surface area contributed by atoms with Crippen LogP contribution in [0, 0.1) is 5.82 Å². The summed E-state index contributed by atoms with van der Waals surface area (Å²) < 4.78 is 29.9. The molecule has 0 radical (unpaired) electrons. The molecular weight excluding hydrogens is 488 g/mol. The van der Waals surface area contributed by atoms with Crippen LogP contribution in [0.1, 0.15) is 18.9 Å². The van der Waals surface area contributed by atoms with Gasteiger partial charge in [0.25, 0.3) is 0 Å². The van der Waals surface area contributed by atoms with Crippen LogP contribution in [-0.2, 0) is 11.3 Å². The topological polar surface area (TPSA) is 64.1 Å². The maximum atomic E-state index is 14.0. The smallest absolute Gasteiger partial charge is 0.195 e. The quantitative estimate of drug-likeness (QED) is 0.211. The average Bonchev–Trinajstić information content (AvgIpc) is 2.71. The highest BCUT2D eigenvalue weighted by atomic mass is 127. The Labute approximate surface area is 188 Å². The molecule has 6 nitrogen and oxygen atoms in total. The molecule has 0 heterocycles. The van der Waals surface area contributed by atoms with E-state index in [0.29, 0.717) is 32.3 Å². The number of hydrogen-bond donors (Lipinski definition) is 2. The third-order valence-corrected chi connectivity index (χ3v) is 3.84. The molecule has 2 aromatic carbocycles. The minimum absolute atomic E-state index is 0. The normalized spacial score (nSPS) is 10.8. The fourth-order valence-corrected chi connectivity index (χ4v) is 2.49. The van der Waals surface area contributed by atoms with Crippen molar-refractivity contribution in [2.75, 3.05) is 39.3 Å². The van der Waals surface area contributed by atoms with Crippen LogP contribution in [-0.4, -0.2) is 39.9 Å². The van der Waals surface area contributed by atoms with Gasteiger partial charge in [0.1, 0.15) is 5.75 Å². The second-order valence-electron chi connectivity index (χ2n) is 5.97. The number of nitrogens with zero attached hydrogens (tertiary/aromatic N) is 1. The van der Waals surface area contributed by atoms with Gasteiger partial charge in [-0.15, -0.1) is 24.0 Å². The van der Waals surface area contributed by atoms with Crippen LogP contribution in [0.15, 0.2) is 47.5 Å². The molecule has 0 bridgehead atoms. The lowest BCUT2D eigenvalue weighted by Gasteiger charge is -2.14. The van der Waals surface area contributed by atoms with Gasteiger partial charge in [-0.1, -0.05) is 12.1 Å². The van der Waals surface area contributed by atoms with Crippen LogP contribution in [0.5, 0.6) is 11.5 Å². The van der Waals surface area contributed by atoms with Crippen LogP contribution < -0.4 is 20.1 Å². The standard InChI is InChI=1S/C21H28FN3O3.HI/c1-4-27-20-10-9-16(13-19(20)22)15-24-21(23-2)25-17-7-5-8-18(14-17)28-12-6-11-26-3;/h5,7-10,13-14H,4,6,11-12,15H2,1-3H3,(H2,23,24,25);1H. The molecule has 0 aliphatic heterocycles. The first-order valence-corrected chi connectivity index (χ1v) is 9.27. The van der Waals surface area contributed by atoms with Crippen molar-refractivity contribution < 1.29 is 18.6 Å². The lowest BCUT2D eigenvalue weighted by atomic mass is 10.2. The second kappa shape index (κ2) is 14.0. The van der Waals surface area contributed by atoms with Crippen molar-refractivity contribution >= 4 is 35.6 Å². The summed E-state index contributed by atoms with van der Waals surface area (Å²) in [6.45, 7) is 3.94. The predicted octanol–water partition coefficient (Wildman–Crippen LogP) is 4.45. The second-order valence-corrected chi connectivity index (χ2v) is 5.97. The van der Waals surface area contributed by atoms with Crippen LogP contribution in [0.4, 0.5) is 10.1 Å². The van der Waals surface area contributed by atoms with Gasteiger partial charge in [-0.2, -0.15) is 0 Å². The number of methoxy groups -OCH3 is 1. The molecule has 0 atom stereocenters. The molecule has 2 aromatic rings. The van der Waals surface area contributed by atoms with E-state index < -0.39 is 0 Å². The van der Waals surface area contributed by atoms with Gasteiger partial charge >= 0.3 is 0 Å². The van der Waals surface area contributed by atoms with E-state index in [-0.39, 0.29) is 35.5 Å². The molecule has 160 valence electrons. The minimum Gasteiger partial charge on any atom is -0.493 e. The first-order valence-electron chi connectivity index (χ1n) is 9.27. The summed E-state index contributed by atoms with van der Waals surface area (Å²) in [5, 5.41) is 6.37. The van der Waals surface area contributed by atoms with Gasteiger partial charge in [0.15, 0.2) is 17.5 Å². The van der Waals surface area contributed by atoms with Gasteiger partial charge in [-0.3, -0.25) is 4.99 Å². The van der Waals surface area contributed by atoms with Crippen LogP contribution in [0.2, 0.25) is 0 Å². The Bertz CT molecular complexity index is 775. The summed E-state index contributed by atoms with van der Waals surface area (Å²) in [6.07, 6.45) is 0.829. The molecule has 2 rings (SSSR count). The van der Waals surface area contributed by atoms with Crippen molar-refractivity contribution in [3.63, 3.8) is 0 Å². The number of halogens is 2. The maximum Gasteiger partial charge on any atom is 0.195 e. The van der Waals surface area contributed by atoms with Gasteiger partial charge in [-0.05, 0) is 36.8 Å². The van der Waals surface area contributed by atoms with Crippen molar-refractivity contribution in [1.29, 1.82) is 0 Å². The minimum atomic E-state index is -0.373. The zero-order valence-corrected chi connectivity index (χ0v) is 19.4. The molecule has 0 fully saturated rings. The summed E-state index contributed by atoms with van der Waals surface area (Å²) in [5.41, 5.74) is 1.63. The molecule has 0 saturated carbocycles. The number of hydrogen-bond acceptors (Lipinski definition) is 4. The van der Waals surface area contributed by atoms with Gasteiger partial charge in [0.2, 0.25) is 0 Å². The van der Waals surface area contributed by atoms with E-state index in [1.807, 2.05) is 37.3 Å². The number of benzene rings is 2. The van der Waals surface area contributed by atoms with Crippen molar-refractivity contribution in [1.82, 2.24) is 5.32 Å². The molecule has 0 aliphatic rings. The van der Waals surface area contributed by atoms with Crippen molar-refractivity contribution in [2.45, 2.75) is 19.9 Å². The predicted molar refractivity (Wildman–Crippen MR) is 125 cm³/mol. The van der Waals surface area contributed by atoms with E-state index in [9.17, 15) is 4.39 Å². The van der Waals surface area contributed by atoms with Gasteiger partial charge < -0.3 is 24.8 Å². The summed E-state index contributed by atoms with van der Waals surface area (Å²) in [4.78, 5) is 4.20. The summed E-state index contributed by atoms with van der Waals surface area (Å²) in [5.74, 6) is 1.23. The number of ether oxygens (including phenoxy) is 3. The number of anilines is 1. The zero-order chi connectivity index (χ0) is 20.2. The molecule has 0 aromatic heterocycles. The molecule has 0 spiro atoms. The van der Waals surface area contributed by atoms with Crippen LogP contribution in [0.25, 0.3) is 0 Å². The third-order valence-electron chi connectivity index (χ3n) is 3.84. The molecule has 29 heavy (non-hydrogen) atoms. The highest BCUT2D eigenvalue weighted by Crippen LogP contribution is 2.19. The largest absolute Gasteiger partial charge is 0.493 e. The van der Waals surface area contributed by atoms with E-state index in [2.05, 4.69) is 15.6 Å². The van der Waals surface area contributed by atoms with E-state index in [4.69, 9.17) is 14.2 Å². The van der Waals surface area contributed by atoms with Crippen molar-refractivity contribution in [3.8, 4) is 11.5 Å². The molecule has 2 N–H and O–H groups in total. The van der Waals surface area contributed by atoms with Crippen LogP contribution >= 0.6 is 24.0 Å². The SMILES string of the molecule is CCOc1ccc(CNC(=NC)Nc2cccc(OCCCOC)c2)cc1F.I. The molecule has 0 unspecified atom stereocenters. The third kappa shape index (κ3) is 8.86. The lowest BCUT2D eigenvalue weighted by Crippen LogP contribution is -2.30. The van der Waals surface area contributed by atoms with Gasteiger partial charge in [0.05, 0.1) is 13.2 Å². The lowest BCUT2D eigenvalue weighted by molar-refractivity contribution is 0.172. The first kappa shape index (κ1) is 25.0. The molecular formula is C21H29FIN3O3. The summed E-state index contributed by atoms with van der Waals surface area (Å²) in [7, 11) is 3.35. The highest BCUT2D eigenvalue weighted by molar-refractivity contribution is 14.0. The average molecular weight is 517 g/mol. The molecule has 8 heteroatoms. The summed E-state index contributed by atoms with van der Waals surface area (Å²) in [6, 6.07) is 12.5. The Kier molecular flexibility index (Phi) is 12.1. The maximum absolute atomic E-state index is 14.0. The Morgan fingerprint density at radius 2 is 1.93 bits per heavy atom. The van der Waals surface area contributed by atoms with Crippen molar-refractivity contribution in [2.24, 2.45) is 4.99 Å². The first-order chi connectivity index (χ1) is 13.7. The Balaban J connectivity index is 0.00000420. The Morgan fingerprint density at radius 3 is 2.62 bits per heavy atom. The van der Waals surface area contributed by atoms with E-state index in [1.54, 1.807) is 20.2 Å². The number of guanidine groups is 1. The Hall–Kier alpha value is -2.07. The number of nitrogens with one attached hydrogen (secondary N) is 2. The molecule has 0 amide bonds. The molecule has 0 aliphatic carbocycles. The highest BCUT2D eigenvalue weighted by Gasteiger charge is 2.06. The number of aliphatic imine (C=N–C) groups is 1. The number of rotatable bonds is 10. The fourth-order valence-electron chi connectivity index (χ4n) is 2.49. The fraction of sp³-hybridized carbons (Fsp3) is 0.381.